The Morgan fingerprint density at radius 2 is 1.85 bits per heavy atom. The maximum absolute atomic E-state index is 12.7. The molecule has 1 aromatic carbocycles. The van der Waals surface area contributed by atoms with E-state index >= 15 is 0 Å². The summed E-state index contributed by atoms with van der Waals surface area (Å²) in [6, 6.07) is 5.06. The highest BCUT2D eigenvalue weighted by molar-refractivity contribution is 9.10. The fourth-order valence-corrected chi connectivity index (χ4v) is 5.20. The van der Waals surface area contributed by atoms with Crippen molar-refractivity contribution in [2.75, 3.05) is 24.2 Å². The normalized spacial score (nSPS) is 20.5. The number of hydrogen-bond acceptors (Lipinski definition) is 6. The zero-order chi connectivity index (χ0) is 24.1. The first-order valence-electron chi connectivity index (χ1n) is 11.9. The number of aromatic nitrogens is 2. The van der Waals surface area contributed by atoms with E-state index in [0.717, 1.165) is 56.6 Å². The van der Waals surface area contributed by atoms with Gasteiger partial charge in [-0.1, -0.05) is 22.0 Å². The standard InChI is InChI=1S/C24H31BrF3N5O/c1-29-22-19-4-2-3-5-20(19)32-23(33-22)31-18-10-6-15(7-11-18)13-30-14-16-8-9-17(25)12-21(16)34-24(26,27)28/h8-9,12,15,18,30H,2-7,10-11,13-14H2,1H3,(H2,29,31,32,33). The topological polar surface area (TPSA) is 71.1 Å². The molecule has 1 saturated carbocycles. The zero-order valence-electron chi connectivity index (χ0n) is 19.3. The molecule has 1 heterocycles. The maximum atomic E-state index is 12.7. The molecule has 0 unspecified atom stereocenters. The van der Waals surface area contributed by atoms with Gasteiger partial charge in [0.2, 0.25) is 5.95 Å². The van der Waals surface area contributed by atoms with Crippen molar-refractivity contribution in [3.8, 4) is 5.75 Å². The lowest BCUT2D eigenvalue weighted by Crippen LogP contribution is -2.32. The highest BCUT2D eigenvalue weighted by atomic mass is 79.9. The van der Waals surface area contributed by atoms with Gasteiger partial charge in [0.05, 0.1) is 5.69 Å². The van der Waals surface area contributed by atoms with Crippen LogP contribution in [0.2, 0.25) is 0 Å². The van der Waals surface area contributed by atoms with E-state index in [2.05, 4.69) is 36.6 Å². The lowest BCUT2D eigenvalue weighted by molar-refractivity contribution is -0.274. The molecule has 0 bridgehead atoms. The molecule has 0 aliphatic heterocycles. The molecule has 1 aromatic heterocycles. The number of aryl methyl sites for hydroxylation is 1. The minimum atomic E-state index is -4.71. The summed E-state index contributed by atoms with van der Waals surface area (Å²) in [4.78, 5) is 9.49. The molecular weight excluding hydrogens is 511 g/mol. The van der Waals surface area contributed by atoms with Crippen LogP contribution in [0.1, 0.15) is 55.3 Å². The molecule has 186 valence electrons. The summed E-state index contributed by atoms with van der Waals surface area (Å²) >= 11 is 3.20. The second kappa shape index (κ2) is 11.1. The van der Waals surface area contributed by atoms with Crippen molar-refractivity contribution in [3.05, 3.63) is 39.5 Å². The molecule has 2 aromatic rings. The van der Waals surface area contributed by atoms with Crippen molar-refractivity contribution in [2.24, 2.45) is 5.92 Å². The van der Waals surface area contributed by atoms with E-state index in [1.807, 2.05) is 7.05 Å². The number of nitrogens with zero attached hydrogens (tertiary/aromatic N) is 2. The summed E-state index contributed by atoms with van der Waals surface area (Å²) in [6.07, 6.45) is 3.81. The van der Waals surface area contributed by atoms with Gasteiger partial charge in [-0.05, 0) is 76.0 Å². The van der Waals surface area contributed by atoms with Crippen LogP contribution in [-0.4, -0.2) is 36.0 Å². The van der Waals surface area contributed by atoms with Crippen LogP contribution >= 0.6 is 15.9 Å². The predicted molar refractivity (Wildman–Crippen MR) is 130 cm³/mol. The number of benzene rings is 1. The second-order valence-corrected chi connectivity index (χ2v) is 9.99. The number of anilines is 2. The Morgan fingerprint density at radius 3 is 2.59 bits per heavy atom. The number of fused-ring (bicyclic) bond motifs is 1. The van der Waals surface area contributed by atoms with Crippen molar-refractivity contribution in [1.29, 1.82) is 0 Å². The van der Waals surface area contributed by atoms with Crippen LogP contribution in [0.5, 0.6) is 5.75 Å². The highest BCUT2D eigenvalue weighted by Crippen LogP contribution is 2.31. The predicted octanol–water partition coefficient (Wildman–Crippen LogP) is 5.82. The van der Waals surface area contributed by atoms with E-state index in [0.29, 0.717) is 34.5 Å². The van der Waals surface area contributed by atoms with Gasteiger partial charge in [-0.15, -0.1) is 13.2 Å². The third kappa shape index (κ3) is 6.75. The average molecular weight is 542 g/mol. The molecule has 2 aliphatic carbocycles. The minimum Gasteiger partial charge on any atom is -0.405 e. The molecule has 1 fully saturated rings. The lowest BCUT2D eigenvalue weighted by atomic mass is 9.86. The third-order valence-corrected chi connectivity index (χ3v) is 7.10. The van der Waals surface area contributed by atoms with E-state index in [9.17, 15) is 13.2 Å². The number of alkyl halides is 3. The molecule has 0 saturated heterocycles. The molecule has 0 spiro atoms. The fourth-order valence-electron chi connectivity index (χ4n) is 4.86. The van der Waals surface area contributed by atoms with E-state index in [-0.39, 0.29) is 5.75 Å². The Morgan fingerprint density at radius 1 is 1.09 bits per heavy atom. The molecule has 0 atom stereocenters. The first kappa shape index (κ1) is 25.0. The molecule has 6 nitrogen and oxygen atoms in total. The van der Waals surface area contributed by atoms with Gasteiger partial charge in [0.25, 0.3) is 0 Å². The van der Waals surface area contributed by atoms with Gasteiger partial charge in [-0.25, -0.2) is 4.98 Å². The Hall–Kier alpha value is -2.07. The van der Waals surface area contributed by atoms with E-state index in [4.69, 9.17) is 9.97 Å². The van der Waals surface area contributed by atoms with E-state index in [1.54, 1.807) is 12.1 Å². The van der Waals surface area contributed by atoms with Crippen LogP contribution in [0.4, 0.5) is 24.9 Å². The van der Waals surface area contributed by atoms with Crippen molar-refractivity contribution < 1.29 is 17.9 Å². The highest BCUT2D eigenvalue weighted by Gasteiger charge is 2.32. The molecule has 2 aliphatic rings. The quantitative estimate of drug-likeness (QED) is 0.391. The maximum Gasteiger partial charge on any atom is 0.573 e. The third-order valence-electron chi connectivity index (χ3n) is 6.60. The van der Waals surface area contributed by atoms with Crippen molar-refractivity contribution in [2.45, 2.75) is 70.3 Å². The SMILES string of the molecule is CNc1nc(NC2CCC(CNCc3ccc(Br)cc3OC(F)(F)F)CC2)nc2c1CCCC2. The van der Waals surface area contributed by atoms with E-state index in [1.165, 1.54) is 24.5 Å². The minimum absolute atomic E-state index is 0.173. The van der Waals surface area contributed by atoms with Gasteiger partial charge in [-0.3, -0.25) is 0 Å². The first-order chi connectivity index (χ1) is 16.3. The van der Waals surface area contributed by atoms with Crippen LogP contribution < -0.4 is 20.7 Å². The van der Waals surface area contributed by atoms with Gasteiger partial charge in [0.1, 0.15) is 11.6 Å². The monoisotopic (exact) mass is 541 g/mol. The zero-order valence-corrected chi connectivity index (χ0v) is 20.9. The van der Waals surface area contributed by atoms with Crippen molar-refractivity contribution in [1.82, 2.24) is 15.3 Å². The summed E-state index contributed by atoms with van der Waals surface area (Å²) in [5, 5.41) is 10.1. The lowest BCUT2D eigenvalue weighted by Gasteiger charge is -2.30. The smallest absolute Gasteiger partial charge is 0.405 e. The van der Waals surface area contributed by atoms with Crippen LogP contribution in [0.3, 0.4) is 0 Å². The summed E-state index contributed by atoms with van der Waals surface area (Å²) in [5.74, 6) is 1.96. The number of halogens is 4. The van der Waals surface area contributed by atoms with Gasteiger partial charge in [0.15, 0.2) is 0 Å². The van der Waals surface area contributed by atoms with Gasteiger partial charge in [-0.2, -0.15) is 4.98 Å². The molecule has 3 N–H and O–H groups in total. The average Bonchev–Trinajstić information content (AvgIpc) is 2.80. The summed E-state index contributed by atoms with van der Waals surface area (Å²) in [7, 11) is 1.91. The Bertz CT molecular complexity index is 963. The largest absolute Gasteiger partial charge is 0.573 e. The summed E-state index contributed by atoms with van der Waals surface area (Å²) in [5.41, 5.74) is 2.90. The molecule has 0 radical (unpaired) electrons. The number of hydrogen-bond donors (Lipinski definition) is 3. The summed E-state index contributed by atoms with van der Waals surface area (Å²) < 4.78 is 42.9. The molecule has 4 rings (SSSR count). The van der Waals surface area contributed by atoms with Gasteiger partial charge >= 0.3 is 6.36 Å². The number of ether oxygens (including phenoxy) is 1. The molecule has 34 heavy (non-hydrogen) atoms. The number of nitrogens with one attached hydrogen (secondary N) is 3. The Kier molecular flexibility index (Phi) is 8.18. The van der Waals surface area contributed by atoms with Gasteiger partial charge < -0.3 is 20.7 Å². The van der Waals surface area contributed by atoms with Crippen molar-refractivity contribution in [3.63, 3.8) is 0 Å². The van der Waals surface area contributed by atoms with Gasteiger partial charge in [0, 0.05) is 35.2 Å². The molecular formula is C24H31BrF3N5O. The Labute approximate surface area is 206 Å². The fraction of sp³-hybridized carbons (Fsp3) is 0.583. The first-order valence-corrected chi connectivity index (χ1v) is 12.7. The van der Waals surface area contributed by atoms with Crippen LogP contribution in [0.25, 0.3) is 0 Å². The van der Waals surface area contributed by atoms with Crippen LogP contribution in [0.15, 0.2) is 22.7 Å². The van der Waals surface area contributed by atoms with E-state index < -0.39 is 6.36 Å². The number of rotatable bonds is 8. The van der Waals surface area contributed by atoms with Crippen LogP contribution in [0, 0.1) is 5.92 Å². The molecule has 10 heteroatoms. The second-order valence-electron chi connectivity index (χ2n) is 9.07. The van der Waals surface area contributed by atoms with Crippen molar-refractivity contribution >= 4 is 27.7 Å². The Balaban J connectivity index is 1.25. The summed E-state index contributed by atoms with van der Waals surface area (Å²) in [6.45, 7) is 1.08. The van der Waals surface area contributed by atoms with Crippen LogP contribution in [-0.2, 0) is 19.4 Å². The molecule has 0 amide bonds.